The first kappa shape index (κ1) is 20.0. The molecule has 0 unspecified atom stereocenters. The number of carboxylic acid groups (broad SMARTS) is 1. The van der Waals surface area contributed by atoms with Crippen LogP contribution in [0.25, 0.3) is 11.6 Å². The van der Waals surface area contributed by atoms with Gasteiger partial charge < -0.3 is 19.3 Å². The van der Waals surface area contributed by atoms with Crippen LogP contribution >= 0.6 is 0 Å². The van der Waals surface area contributed by atoms with E-state index in [0.29, 0.717) is 23.7 Å². The number of para-hydroxylation sites is 1. The molecule has 0 bridgehead atoms. The third kappa shape index (κ3) is 5.17. The van der Waals surface area contributed by atoms with Crippen molar-refractivity contribution in [1.29, 1.82) is 0 Å². The van der Waals surface area contributed by atoms with Gasteiger partial charge in [0.05, 0.1) is 19.8 Å². The minimum atomic E-state index is -1.02. The molecule has 5 nitrogen and oxygen atoms in total. The van der Waals surface area contributed by atoms with Crippen molar-refractivity contribution in [2.75, 3.05) is 14.2 Å². The number of carboxylic acids is 1. The number of benzene rings is 3. The third-order valence-corrected chi connectivity index (χ3v) is 4.36. The molecular weight excluding hydrogens is 368 g/mol. The number of hydrogen-bond donors (Lipinski definition) is 1. The Morgan fingerprint density at radius 1 is 0.897 bits per heavy atom. The van der Waals surface area contributed by atoms with Gasteiger partial charge >= 0.3 is 5.97 Å². The molecule has 29 heavy (non-hydrogen) atoms. The van der Waals surface area contributed by atoms with Crippen molar-refractivity contribution in [3.63, 3.8) is 0 Å². The molecule has 0 aromatic heterocycles. The summed E-state index contributed by atoms with van der Waals surface area (Å²) in [5.41, 5.74) is 2.47. The minimum Gasteiger partial charge on any atom is -0.493 e. The van der Waals surface area contributed by atoms with E-state index in [1.54, 1.807) is 24.3 Å². The highest BCUT2D eigenvalue weighted by molar-refractivity contribution is 6.20. The van der Waals surface area contributed by atoms with Crippen molar-refractivity contribution in [2.45, 2.75) is 6.61 Å². The molecular formula is C24H22O5. The average molecular weight is 390 g/mol. The maximum atomic E-state index is 11.8. The smallest absolute Gasteiger partial charge is 0.336 e. The molecule has 1 N–H and O–H groups in total. The molecule has 0 radical (unpaired) electrons. The van der Waals surface area contributed by atoms with Gasteiger partial charge in [0.25, 0.3) is 0 Å². The summed E-state index contributed by atoms with van der Waals surface area (Å²) in [6.45, 7) is 0.440. The minimum absolute atomic E-state index is 0.166. The van der Waals surface area contributed by atoms with Gasteiger partial charge in [0.15, 0.2) is 11.5 Å². The predicted octanol–water partition coefficient (Wildman–Crippen LogP) is 4.91. The number of ether oxygens (including phenoxy) is 3. The van der Waals surface area contributed by atoms with Gasteiger partial charge in [-0.15, -0.1) is 0 Å². The number of hydrogen-bond acceptors (Lipinski definition) is 4. The maximum Gasteiger partial charge on any atom is 0.336 e. The van der Waals surface area contributed by atoms with Crippen LogP contribution in [-0.2, 0) is 11.4 Å². The molecule has 148 valence electrons. The Labute approximate surface area is 169 Å². The molecule has 3 rings (SSSR count). The van der Waals surface area contributed by atoms with Crippen LogP contribution in [-0.4, -0.2) is 25.3 Å². The highest BCUT2D eigenvalue weighted by Gasteiger charge is 2.14. The molecule has 0 heterocycles. The molecule has 0 amide bonds. The topological polar surface area (TPSA) is 65.0 Å². The zero-order valence-electron chi connectivity index (χ0n) is 16.3. The first-order valence-electron chi connectivity index (χ1n) is 9.05. The second kappa shape index (κ2) is 9.46. The molecule has 0 aliphatic carbocycles. The molecule has 0 aliphatic heterocycles. The average Bonchev–Trinajstić information content (AvgIpc) is 2.77. The van der Waals surface area contributed by atoms with E-state index in [2.05, 4.69) is 0 Å². The number of carbonyl (C=O) groups is 1. The highest BCUT2D eigenvalue weighted by atomic mass is 16.5. The van der Waals surface area contributed by atoms with Gasteiger partial charge in [0, 0.05) is 0 Å². The largest absolute Gasteiger partial charge is 0.493 e. The first-order valence-corrected chi connectivity index (χ1v) is 9.05. The fraction of sp³-hybridized carbons (Fsp3) is 0.125. The zero-order valence-corrected chi connectivity index (χ0v) is 16.3. The molecule has 3 aromatic carbocycles. The molecule has 0 atom stereocenters. The van der Waals surface area contributed by atoms with Gasteiger partial charge in [-0.05, 0) is 47.0 Å². The molecule has 5 heteroatoms. The van der Waals surface area contributed by atoms with Crippen molar-refractivity contribution in [3.8, 4) is 17.2 Å². The van der Waals surface area contributed by atoms with Crippen molar-refractivity contribution < 1.29 is 24.1 Å². The van der Waals surface area contributed by atoms with E-state index < -0.39 is 5.97 Å². The van der Waals surface area contributed by atoms with Gasteiger partial charge in [-0.3, -0.25) is 0 Å². The van der Waals surface area contributed by atoms with Crippen molar-refractivity contribution in [2.24, 2.45) is 0 Å². The lowest BCUT2D eigenvalue weighted by Gasteiger charge is -2.10. The van der Waals surface area contributed by atoms with Crippen LogP contribution in [0.2, 0.25) is 0 Å². The van der Waals surface area contributed by atoms with Crippen molar-refractivity contribution in [1.82, 2.24) is 0 Å². The zero-order chi connectivity index (χ0) is 20.6. The molecule has 3 aromatic rings. The van der Waals surface area contributed by atoms with E-state index >= 15 is 0 Å². The van der Waals surface area contributed by atoms with Crippen LogP contribution in [0.1, 0.15) is 16.7 Å². The first-order chi connectivity index (χ1) is 14.1. The SMILES string of the molecule is COc1ccc(C(=Cc2ccc(COc3ccccc3)cc2)C(=O)O)cc1OC. The van der Waals surface area contributed by atoms with E-state index in [0.717, 1.165) is 16.9 Å². The third-order valence-electron chi connectivity index (χ3n) is 4.36. The molecule has 0 fully saturated rings. The molecule has 0 saturated carbocycles. The number of methoxy groups -OCH3 is 2. The second-order valence-corrected chi connectivity index (χ2v) is 6.28. The quantitative estimate of drug-likeness (QED) is 0.437. The molecule has 0 aliphatic rings. The normalized spacial score (nSPS) is 11.0. The van der Waals surface area contributed by atoms with E-state index in [-0.39, 0.29) is 5.57 Å². The van der Waals surface area contributed by atoms with Gasteiger partial charge in [-0.2, -0.15) is 0 Å². The van der Waals surface area contributed by atoms with Crippen LogP contribution in [0.3, 0.4) is 0 Å². The Balaban J connectivity index is 1.79. The Kier molecular flexibility index (Phi) is 6.53. The Bertz CT molecular complexity index is 992. The molecule has 0 spiro atoms. The van der Waals surface area contributed by atoms with E-state index in [4.69, 9.17) is 14.2 Å². The van der Waals surface area contributed by atoms with E-state index in [9.17, 15) is 9.90 Å². The summed E-state index contributed by atoms with van der Waals surface area (Å²) in [5, 5.41) is 9.68. The summed E-state index contributed by atoms with van der Waals surface area (Å²) in [7, 11) is 3.05. The predicted molar refractivity (Wildman–Crippen MR) is 112 cm³/mol. The summed E-state index contributed by atoms with van der Waals surface area (Å²) < 4.78 is 16.2. The van der Waals surface area contributed by atoms with Crippen LogP contribution in [0.15, 0.2) is 72.8 Å². The summed E-state index contributed by atoms with van der Waals surface area (Å²) in [6.07, 6.45) is 1.63. The Morgan fingerprint density at radius 3 is 2.21 bits per heavy atom. The fourth-order valence-corrected chi connectivity index (χ4v) is 2.83. The van der Waals surface area contributed by atoms with Gasteiger partial charge in [-0.25, -0.2) is 4.79 Å². The number of aliphatic carboxylic acids is 1. The second-order valence-electron chi connectivity index (χ2n) is 6.28. The monoisotopic (exact) mass is 390 g/mol. The van der Waals surface area contributed by atoms with E-state index in [1.165, 1.54) is 14.2 Å². The van der Waals surface area contributed by atoms with Crippen LogP contribution in [0.4, 0.5) is 0 Å². The summed E-state index contributed by atoms with van der Waals surface area (Å²) in [5.74, 6) is 0.807. The fourth-order valence-electron chi connectivity index (χ4n) is 2.83. The van der Waals surface area contributed by atoms with Gasteiger partial charge in [-0.1, -0.05) is 48.5 Å². The van der Waals surface area contributed by atoms with Gasteiger partial charge in [0.2, 0.25) is 0 Å². The van der Waals surface area contributed by atoms with Crippen LogP contribution in [0.5, 0.6) is 17.2 Å². The van der Waals surface area contributed by atoms with Crippen molar-refractivity contribution in [3.05, 3.63) is 89.5 Å². The maximum absolute atomic E-state index is 11.8. The summed E-state index contributed by atoms with van der Waals surface area (Å²) in [6, 6.07) is 22.2. The van der Waals surface area contributed by atoms with Crippen LogP contribution < -0.4 is 14.2 Å². The lowest BCUT2D eigenvalue weighted by molar-refractivity contribution is -0.130. The summed E-state index contributed by atoms with van der Waals surface area (Å²) in [4.78, 5) is 11.8. The Morgan fingerprint density at radius 2 is 1.59 bits per heavy atom. The molecule has 0 saturated heterocycles. The highest BCUT2D eigenvalue weighted by Crippen LogP contribution is 2.31. The number of rotatable bonds is 8. The standard InChI is InChI=1S/C24H22O5/c1-27-22-13-12-19(15-23(22)28-2)21(24(25)26)14-17-8-10-18(11-9-17)16-29-20-6-4-3-5-7-20/h3-15H,16H2,1-2H3,(H,25,26). The van der Waals surface area contributed by atoms with Crippen molar-refractivity contribution >= 4 is 17.6 Å². The Hall–Kier alpha value is -3.73. The van der Waals surface area contributed by atoms with E-state index in [1.807, 2.05) is 54.6 Å². The lowest BCUT2D eigenvalue weighted by atomic mass is 10.0. The van der Waals surface area contributed by atoms with Gasteiger partial charge in [0.1, 0.15) is 12.4 Å². The lowest BCUT2D eigenvalue weighted by Crippen LogP contribution is -2.01. The van der Waals surface area contributed by atoms with Crippen LogP contribution in [0, 0.1) is 0 Å². The summed E-state index contributed by atoms with van der Waals surface area (Å²) >= 11 is 0.